The largest absolute Gasteiger partial charge is 0.494 e. The SMILES string of the molecule is CCOc1ccc(-c2nccc(CCCC(=N)N(CC)C(=O)CC)n2)cc1CC(=O)O. The zero-order valence-electron chi connectivity index (χ0n) is 18.4. The summed E-state index contributed by atoms with van der Waals surface area (Å²) in [5.74, 6) is 0.417. The van der Waals surface area contributed by atoms with Gasteiger partial charge in [-0.2, -0.15) is 0 Å². The van der Waals surface area contributed by atoms with E-state index >= 15 is 0 Å². The van der Waals surface area contributed by atoms with Gasteiger partial charge in [0, 0.05) is 42.4 Å². The first-order valence-electron chi connectivity index (χ1n) is 10.6. The van der Waals surface area contributed by atoms with Gasteiger partial charge in [-0.15, -0.1) is 0 Å². The molecule has 0 unspecified atom stereocenters. The highest BCUT2D eigenvalue weighted by Gasteiger charge is 2.15. The summed E-state index contributed by atoms with van der Waals surface area (Å²) in [5, 5.41) is 17.4. The summed E-state index contributed by atoms with van der Waals surface area (Å²) in [6, 6.07) is 7.15. The van der Waals surface area contributed by atoms with Gasteiger partial charge in [-0.1, -0.05) is 6.92 Å². The Kier molecular flexibility index (Phi) is 9.12. The van der Waals surface area contributed by atoms with E-state index in [1.54, 1.807) is 25.3 Å². The van der Waals surface area contributed by atoms with Gasteiger partial charge in [0.1, 0.15) is 11.6 Å². The summed E-state index contributed by atoms with van der Waals surface area (Å²) < 4.78 is 5.53. The average molecular weight is 427 g/mol. The molecular weight excluding hydrogens is 396 g/mol. The fourth-order valence-electron chi connectivity index (χ4n) is 3.27. The maximum atomic E-state index is 11.9. The first kappa shape index (κ1) is 24.0. The van der Waals surface area contributed by atoms with Crippen LogP contribution in [0.1, 0.15) is 51.3 Å². The fourth-order valence-corrected chi connectivity index (χ4v) is 3.27. The van der Waals surface area contributed by atoms with Gasteiger partial charge in [-0.25, -0.2) is 9.97 Å². The van der Waals surface area contributed by atoms with Crippen LogP contribution in [-0.2, 0) is 22.4 Å². The first-order chi connectivity index (χ1) is 14.9. The second-order valence-corrected chi connectivity index (χ2v) is 6.99. The molecule has 1 aromatic carbocycles. The molecule has 166 valence electrons. The van der Waals surface area contributed by atoms with Gasteiger partial charge in [0.05, 0.1) is 13.0 Å². The molecule has 0 atom stereocenters. The van der Waals surface area contributed by atoms with Crippen LogP contribution in [0, 0.1) is 5.41 Å². The molecule has 1 heterocycles. The lowest BCUT2D eigenvalue weighted by Gasteiger charge is -2.20. The van der Waals surface area contributed by atoms with E-state index in [0.717, 1.165) is 11.3 Å². The number of hydrogen-bond acceptors (Lipinski definition) is 6. The smallest absolute Gasteiger partial charge is 0.307 e. The maximum Gasteiger partial charge on any atom is 0.307 e. The topological polar surface area (TPSA) is 116 Å². The lowest BCUT2D eigenvalue weighted by atomic mass is 10.1. The van der Waals surface area contributed by atoms with Crippen molar-refractivity contribution in [3.8, 4) is 17.1 Å². The number of nitrogens with zero attached hydrogens (tertiary/aromatic N) is 3. The summed E-state index contributed by atoms with van der Waals surface area (Å²) in [6.07, 6.45) is 3.75. The Morgan fingerprint density at radius 1 is 1.19 bits per heavy atom. The molecule has 0 saturated carbocycles. The van der Waals surface area contributed by atoms with Crippen LogP contribution < -0.4 is 4.74 Å². The Bertz CT molecular complexity index is 930. The minimum atomic E-state index is -0.933. The third kappa shape index (κ3) is 6.87. The maximum absolute atomic E-state index is 11.9. The van der Waals surface area contributed by atoms with Crippen molar-refractivity contribution < 1.29 is 19.4 Å². The van der Waals surface area contributed by atoms with Gasteiger partial charge in [0.25, 0.3) is 0 Å². The van der Waals surface area contributed by atoms with E-state index in [0.29, 0.717) is 61.8 Å². The molecule has 8 heteroatoms. The number of rotatable bonds is 11. The molecule has 8 nitrogen and oxygen atoms in total. The molecular formula is C23H30N4O4. The van der Waals surface area contributed by atoms with Gasteiger partial charge in [0.15, 0.2) is 5.82 Å². The Balaban J connectivity index is 2.10. The molecule has 0 radical (unpaired) electrons. The number of amidine groups is 1. The van der Waals surface area contributed by atoms with E-state index in [-0.39, 0.29) is 12.3 Å². The van der Waals surface area contributed by atoms with Crippen molar-refractivity contribution >= 4 is 17.7 Å². The lowest BCUT2D eigenvalue weighted by molar-refractivity contribution is -0.136. The van der Waals surface area contributed by atoms with Crippen molar-refractivity contribution in [1.29, 1.82) is 5.41 Å². The summed E-state index contributed by atoms with van der Waals surface area (Å²) >= 11 is 0. The van der Waals surface area contributed by atoms with Crippen molar-refractivity contribution in [3.63, 3.8) is 0 Å². The lowest BCUT2D eigenvalue weighted by Crippen LogP contribution is -2.35. The number of amides is 1. The van der Waals surface area contributed by atoms with Gasteiger partial charge in [-0.3, -0.25) is 15.0 Å². The average Bonchev–Trinajstić information content (AvgIpc) is 2.75. The molecule has 0 bridgehead atoms. The Hall–Kier alpha value is -3.29. The molecule has 0 aliphatic carbocycles. The second kappa shape index (κ2) is 11.8. The molecule has 1 aromatic heterocycles. The minimum Gasteiger partial charge on any atom is -0.494 e. The van der Waals surface area contributed by atoms with Crippen LogP contribution in [0.2, 0.25) is 0 Å². The predicted molar refractivity (Wildman–Crippen MR) is 118 cm³/mol. The van der Waals surface area contributed by atoms with Crippen molar-refractivity contribution in [2.45, 2.75) is 52.9 Å². The summed E-state index contributed by atoms with van der Waals surface area (Å²) in [4.78, 5) is 33.5. The van der Waals surface area contributed by atoms with Gasteiger partial charge in [0.2, 0.25) is 5.91 Å². The number of hydrogen-bond donors (Lipinski definition) is 2. The number of carboxylic acids is 1. The Morgan fingerprint density at radius 2 is 1.97 bits per heavy atom. The summed E-state index contributed by atoms with van der Waals surface area (Å²) in [5.41, 5.74) is 2.13. The van der Waals surface area contributed by atoms with Gasteiger partial charge < -0.3 is 14.7 Å². The predicted octanol–water partition coefficient (Wildman–Crippen LogP) is 3.73. The zero-order chi connectivity index (χ0) is 22.8. The number of aromatic nitrogens is 2. The van der Waals surface area contributed by atoms with Crippen LogP contribution in [0.3, 0.4) is 0 Å². The third-order valence-electron chi connectivity index (χ3n) is 4.77. The van der Waals surface area contributed by atoms with E-state index in [4.69, 9.17) is 10.1 Å². The van der Waals surface area contributed by atoms with Crippen molar-refractivity contribution in [1.82, 2.24) is 14.9 Å². The Labute approximate surface area is 182 Å². The molecule has 2 N–H and O–H groups in total. The van der Waals surface area contributed by atoms with Crippen LogP contribution >= 0.6 is 0 Å². The Morgan fingerprint density at radius 3 is 2.61 bits per heavy atom. The highest BCUT2D eigenvalue weighted by molar-refractivity contribution is 5.96. The molecule has 0 aliphatic rings. The number of nitrogens with one attached hydrogen (secondary N) is 1. The standard InChI is InChI=1S/C23H30N4O4/c1-4-21(28)27(5-2)20(24)9-7-8-18-12-13-25-23(26-18)16-10-11-19(31-6-3)17(14-16)15-22(29)30/h10-14,24H,4-9,15H2,1-3H3,(H,29,30). The van der Waals surface area contributed by atoms with E-state index in [2.05, 4.69) is 9.97 Å². The fraction of sp³-hybridized carbons (Fsp3) is 0.435. The second-order valence-electron chi connectivity index (χ2n) is 6.99. The highest BCUT2D eigenvalue weighted by atomic mass is 16.5. The van der Waals surface area contributed by atoms with Crippen molar-refractivity contribution in [2.24, 2.45) is 0 Å². The van der Waals surface area contributed by atoms with Crippen LogP contribution in [0.5, 0.6) is 5.75 Å². The van der Waals surface area contributed by atoms with Gasteiger partial charge in [-0.05, 0) is 51.0 Å². The summed E-state index contributed by atoms with van der Waals surface area (Å²) in [6.45, 7) is 6.46. The quantitative estimate of drug-likeness (QED) is 0.418. The van der Waals surface area contributed by atoms with Crippen LogP contribution in [0.15, 0.2) is 30.5 Å². The number of carbonyl (C=O) groups is 2. The molecule has 2 rings (SSSR count). The molecule has 1 amide bonds. The molecule has 0 saturated heterocycles. The first-order valence-corrected chi connectivity index (χ1v) is 10.6. The number of ether oxygens (including phenoxy) is 1. The van der Waals surface area contributed by atoms with Crippen LogP contribution in [-0.4, -0.2) is 50.8 Å². The molecule has 31 heavy (non-hydrogen) atoms. The van der Waals surface area contributed by atoms with Crippen molar-refractivity contribution in [3.05, 3.63) is 41.7 Å². The van der Waals surface area contributed by atoms with Crippen molar-refractivity contribution in [2.75, 3.05) is 13.2 Å². The highest BCUT2D eigenvalue weighted by Crippen LogP contribution is 2.26. The third-order valence-corrected chi connectivity index (χ3v) is 4.77. The minimum absolute atomic E-state index is 0.0375. The van der Waals surface area contributed by atoms with E-state index < -0.39 is 5.97 Å². The molecule has 0 spiro atoms. The molecule has 2 aromatic rings. The van der Waals surface area contributed by atoms with E-state index in [9.17, 15) is 14.7 Å². The number of benzene rings is 1. The zero-order valence-corrected chi connectivity index (χ0v) is 18.4. The van der Waals surface area contributed by atoms with E-state index in [1.165, 1.54) is 4.90 Å². The number of aryl methyl sites for hydroxylation is 1. The summed E-state index contributed by atoms with van der Waals surface area (Å²) in [7, 11) is 0. The van der Waals surface area contributed by atoms with E-state index in [1.807, 2.05) is 26.0 Å². The monoisotopic (exact) mass is 426 g/mol. The number of aliphatic carboxylic acids is 1. The molecule has 0 aliphatic heterocycles. The number of carboxylic acid groups (broad SMARTS) is 1. The molecule has 0 fully saturated rings. The normalized spacial score (nSPS) is 10.5. The number of carbonyl (C=O) groups excluding carboxylic acids is 1. The van der Waals surface area contributed by atoms with Gasteiger partial charge >= 0.3 is 5.97 Å². The van der Waals surface area contributed by atoms with Crippen LogP contribution in [0.25, 0.3) is 11.4 Å². The van der Waals surface area contributed by atoms with Crippen LogP contribution in [0.4, 0.5) is 0 Å².